The van der Waals surface area contributed by atoms with Crippen molar-refractivity contribution < 1.29 is 49.4 Å². The van der Waals surface area contributed by atoms with Crippen LogP contribution in [0.1, 0.15) is 60.8 Å². The first-order chi connectivity index (χ1) is 18.5. The molecule has 0 spiro atoms. The fraction of sp³-hybridized carbons (Fsp3) is 0.767. The lowest BCUT2D eigenvalue weighted by Crippen LogP contribution is -2.63. The van der Waals surface area contributed by atoms with Crippen LogP contribution in [0.3, 0.4) is 0 Å². The van der Waals surface area contributed by atoms with Gasteiger partial charge in [-0.25, -0.2) is 0 Å². The maximum atomic E-state index is 14.2. The molecule has 0 amide bonds. The van der Waals surface area contributed by atoms with Gasteiger partial charge in [0.2, 0.25) is 12.1 Å². The zero-order valence-corrected chi connectivity index (χ0v) is 24.0. The number of hydrogen-bond donors (Lipinski definition) is 5. The molecule has 40 heavy (non-hydrogen) atoms. The molecule has 5 N–H and O–H groups in total. The number of aliphatic hydroxyl groups excluding tert-OH is 5. The number of carbonyl (C=O) groups excluding carboxylic acids is 3. The van der Waals surface area contributed by atoms with Crippen LogP contribution in [0.25, 0.3) is 0 Å². The first-order valence-corrected chi connectivity index (χ1v) is 14.1. The van der Waals surface area contributed by atoms with Crippen molar-refractivity contribution in [3.05, 3.63) is 23.5 Å². The molecule has 10 heteroatoms. The fourth-order valence-electron chi connectivity index (χ4n) is 9.06. The van der Waals surface area contributed by atoms with Gasteiger partial charge in [-0.15, -0.1) is 0 Å². The van der Waals surface area contributed by atoms with Crippen molar-refractivity contribution in [3.63, 3.8) is 0 Å². The van der Waals surface area contributed by atoms with Crippen LogP contribution in [0.15, 0.2) is 23.5 Å². The van der Waals surface area contributed by atoms with Crippen molar-refractivity contribution in [2.24, 2.45) is 39.4 Å². The molecule has 0 unspecified atom stereocenters. The lowest BCUT2D eigenvalue weighted by atomic mass is 9.39. The molecule has 5 rings (SSSR count). The summed E-state index contributed by atoms with van der Waals surface area (Å²) < 4.78 is 11.4. The van der Waals surface area contributed by atoms with E-state index < -0.39 is 76.9 Å². The molecule has 0 bridgehead atoms. The number of Topliss-reactive ketones (excluding diaryl/α,β-unsaturated/α-hetero) is 3. The molecule has 0 aromatic rings. The van der Waals surface area contributed by atoms with E-state index in [1.165, 1.54) is 6.92 Å². The van der Waals surface area contributed by atoms with Gasteiger partial charge in [-0.05, 0) is 56.4 Å². The SMILES string of the molecule is CC(=O)[C@H]1[C@H](O)C[C@@]2(C)[C@@H]3CC=C4[C@@H](C=C(O[C@@H]5O[C@H](CO)[C@@H](O)[C@H](O)[C@H]5O)C(=O)C4(C)C)[C@]3(C)C(=O)C[C@]12C. The van der Waals surface area contributed by atoms with E-state index in [4.69, 9.17) is 9.47 Å². The van der Waals surface area contributed by atoms with Gasteiger partial charge in [0.25, 0.3) is 0 Å². The highest BCUT2D eigenvalue weighted by molar-refractivity contribution is 6.02. The summed E-state index contributed by atoms with van der Waals surface area (Å²) in [5.41, 5.74) is -2.49. The van der Waals surface area contributed by atoms with Crippen LogP contribution in [-0.2, 0) is 23.9 Å². The third-order valence-electron chi connectivity index (χ3n) is 11.5. The second-order valence-corrected chi connectivity index (χ2v) is 13.8. The number of fused-ring (bicyclic) bond motifs is 5. The standard InChI is InChI=1S/C30H42O10/c1-13(32)21-16(33)10-28(4)19-8-7-14-15(30(19,6)20(34)11-29(21,28)5)9-17(25(38)27(14,2)3)39-26-24(37)23(36)22(35)18(12-31)40-26/h7,9,15-16,18-19,21-24,26,31,33,35-37H,8,10-12H2,1-6H3/t15-,16-,18-,19+,21+,22-,23+,24-,26-,28+,29-,30+/m1/s1. The van der Waals surface area contributed by atoms with Crippen LogP contribution in [-0.4, -0.2) is 86.3 Å². The Morgan fingerprint density at radius 3 is 2.27 bits per heavy atom. The Labute approximate surface area is 234 Å². The second-order valence-electron chi connectivity index (χ2n) is 13.8. The summed E-state index contributed by atoms with van der Waals surface area (Å²) in [5, 5.41) is 51.5. The largest absolute Gasteiger partial charge is 0.459 e. The van der Waals surface area contributed by atoms with E-state index in [0.29, 0.717) is 12.8 Å². The van der Waals surface area contributed by atoms with Crippen LogP contribution in [0, 0.1) is 39.4 Å². The van der Waals surface area contributed by atoms with E-state index >= 15 is 0 Å². The highest BCUT2D eigenvalue weighted by Crippen LogP contribution is 2.72. The first kappa shape index (κ1) is 29.5. The van der Waals surface area contributed by atoms with Gasteiger partial charge in [0.05, 0.1) is 18.1 Å². The van der Waals surface area contributed by atoms with Gasteiger partial charge >= 0.3 is 0 Å². The third kappa shape index (κ3) is 3.66. The number of hydrogen-bond acceptors (Lipinski definition) is 10. The molecular formula is C30H42O10. The van der Waals surface area contributed by atoms with E-state index in [0.717, 1.165) is 5.57 Å². The Morgan fingerprint density at radius 2 is 1.68 bits per heavy atom. The highest BCUT2D eigenvalue weighted by Gasteiger charge is 2.72. The monoisotopic (exact) mass is 562 g/mol. The zero-order valence-electron chi connectivity index (χ0n) is 24.0. The summed E-state index contributed by atoms with van der Waals surface area (Å²) in [6.45, 7) is 10.3. The Kier molecular flexibility index (Phi) is 6.85. The number of allylic oxidation sites excluding steroid dienone is 4. The normalized spacial score (nSPS) is 49.8. The number of carbonyl (C=O) groups is 3. The molecule has 12 atom stereocenters. The maximum Gasteiger partial charge on any atom is 0.229 e. The Balaban J connectivity index is 1.57. The summed E-state index contributed by atoms with van der Waals surface area (Å²) >= 11 is 0. The van der Waals surface area contributed by atoms with Crippen molar-refractivity contribution in [3.8, 4) is 0 Å². The maximum absolute atomic E-state index is 14.2. The molecule has 0 aromatic heterocycles. The van der Waals surface area contributed by atoms with Gasteiger partial charge in [0, 0.05) is 23.7 Å². The quantitative estimate of drug-likeness (QED) is 0.309. The summed E-state index contributed by atoms with van der Waals surface area (Å²) in [4.78, 5) is 40.6. The Morgan fingerprint density at radius 1 is 1.02 bits per heavy atom. The zero-order chi connectivity index (χ0) is 29.7. The van der Waals surface area contributed by atoms with E-state index in [1.54, 1.807) is 19.9 Å². The van der Waals surface area contributed by atoms with Crippen LogP contribution in [0.4, 0.5) is 0 Å². The minimum absolute atomic E-state index is 0.0398. The molecule has 5 aliphatic rings. The van der Waals surface area contributed by atoms with E-state index in [1.807, 2.05) is 19.9 Å². The van der Waals surface area contributed by atoms with Crippen LogP contribution < -0.4 is 0 Å². The Bertz CT molecular complexity index is 1190. The van der Waals surface area contributed by atoms with Gasteiger partial charge in [-0.2, -0.15) is 0 Å². The molecule has 10 nitrogen and oxygen atoms in total. The average Bonchev–Trinajstić information content (AvgIpc) is 3.07. The number of ether oxygens (including phenoxy) is 2. The van der Waals surface area contributed by atoms with E-state index in [-0.39, 0.29) is 35.4 Å². The molecule has 0 radical (unpaired) electrons. The molecule has 4 aliphatic carbocycles. The van der Waals surface area contributed by atoms with Crippen LogP contribution in [0.2, 0.25) is 0 Å². The summed E-state index contributed by atoms with van der Waals surface area (Å²) in [6, 6.07) is 0. The lowest BCUT2D eigenvalue weighted by Gasteiger charge is -2.62. The van der Waals surface area contributed by atoms with E-state index in [2.05, 4.69) is 6.92 Å². The minimum atomic E-state index is -1.69. The predicted molar refractivity (Wildman–Crippen MR) is 140 cm³/mol. The van der Waals surface area contributed by atoms with Crippen molar-refractivity contribution >= 4 is 17.3 Å². The second kappa shape index (κ2) is 9.28. The van der Waals surface area contributed by atoms with Crippen molar-refractivity contribution in [1.29, 1.82) is 0 Å². The van der Waals surface area contributed by atoms with Gasteiger partial charge in [0.1, 0.15) is 36.0 Å². The average molecular weight is 563 g/mol. The molecule has 2 saturated carbocycles. The molecule has 3 fully saturated rings. The summed E-state index contributed by atoms with van der Waals surface area (Å²) in [5.74, 6) is -2.09. The van der Waals surface area contributed by atoms with Gasteiger partial charge in [-0.3, -0.25) is 14.4 Å². The highest BCUT2D eigenvalue weighted by atomic mass is 16.7. The van der Waals surface area contributed by atoms with Gasteiger partial charge < -0.3 is 35.0 Å². The first-order valence-electron chi connectivity index (χ1n) is 14.1. The Hall–Kier alpha value is -1.95. The van der Waals surface area contributed by atoms with Crippen molar-refractivity contribution in [2.75, 3.05) is 6.61 Å². The molecule has 0 aromatic carbocycles. The summed E-state index contributed by atoms with van der Waals surface area (Å²) in [7, 11) is 0. The van der Waals surface area contributed by atoms with Crippen LogP contribution in [0.5, 0.6) is 0 Å². The minimum Gasteiger partial charge on any atom is -0.459 e. The van der Waals surface area contributed by atoms with Crippen molar-refractivity contribution in [2.45, 2.75) is 97.6 Å². The molecule has 222 valence electrons. The number of ketones is 3. The molecular weight excluding hydrogens is 520 g/mol. The smallest absolute Gasteiger partial charge is 0.229 e. The fourth-order valence-corrected chi connectivity index (χ4v) is 9.06. The molecule has 1 heterocycles. The topological polar surface area (TPSA) is 171 Å². The van der Waals surface area contributed by atoms with E-state index in [9.17, 15) is 39.9 Å². The van der Waals surface area contributed by atoms with Crippen LogP contribution >= 0.6 is 0 Å². The van der Waals surface area contributed by atoms with Gasteiger partial charge in [0.15, 0.2) is 5.76 Å². The van der Waals surface area contributed by atoms with Gasteiger partial charge in [-0.1, -0.05) is 32.4 Å². The third-order valence-corrected chi connectivity index (χ3v) is 11.5. The number of aliphatic hydroxyl groups is 5. The predicted octanol–water partition coefficient (Wildman–Crippen LogP) is 0.820. The number of rotatable bonds is 4. The summed E-state index contributed by atoms with van der Waals surface area (Å²) in [6.07, 6.45) is -3.88. The molecule has 1 saturated heterocycles. The van der Waals surface area contributed by atoms with Crippen molar-refractivity contribution in [1.82, 2.24) is 0 Å². The molecule has 1 aliphatic heterocycles. The lowest BCUT2D eigenvalue weighted by molar-refractivity contribution is -0.291.